The summed E-state index contributed by atoms with van der Waals surface area (Å²) >= 11 is 0. The standard InChI is InChI=1S/C16H20BNO4/c1-15(2)16(3,4)22-17(21-15)13-7-11(8-18)5-6-14(13)20-12-9-19-10-12/h5-7,12H,9-10H2,1-4H3. The van der Waals surface area contributed by atoms with Gasteiger partial charge < -0.3 is 18.8 Å². The third-order valence-corrected chi connectivity index (χ3v) is 4.55. The van der Waals surface area contributed by atoms with Gasteiger partial charge in [-0.05, 0) is 45.9 Å². The number of nitrogens with zero attached hydrogens (tertiary/aromatic N) is 1. The molecule has 0 unspecified atom stereocenters. The summed E-state index contributed by atoms with van der Waals surface area (Å²) in [7, 11) is -0.547. The zero-order chi connectivity index (χ0) is 16.0. The Labute approximate surface area is 131 Å². The molecule has 0 aliphatic carbocycles. The van der Waals surface area contributed by atoms with Crippen LogP contribution >= 0.6 is 0 Å². The second kappa shape index (κ2) is 5.27. The minimum absolute atomic E-state index is 0.0501. The predicted molar refractivity (Wildman–Crippen MR) is 82.1 cm³/mol. The number of nitriles is 1. The molecule has 0 N–H and O–H groups in total. The summed E-state index contributed by atoms with van der Waals surface area (Å²) < 4.78 is 23.2. The molecular formula is C16H20BNO4. The monoisotopic (exact) mass is 301 g/mol. The molecule has 2 aliphatic heterocycles. The van der Waals surface area contributed by atoms with Crippen molar-refractivity contribution in [1.82, 2.24) is 0 Å². The Bertz CT molecular complexity index is 603. The lowest BCUT2D eigenvalue weighted by Crippen LogP contribution is -2.42. The summed E-state index contributed by atoms with van der Waals surface area (Å²) in [5.74, 6) is 0.686. The van der Waals surface area contributed by atoms with Crippen LogP contribution in [0.4, 0.5) is 0 Å². The topological polar surface area (TPSA) is 60.7 Å². The van der Waals surface area contributed by atoms with E-state index in [2.05, 4.69) is 6.07 Å². The molecule has 22 heavy (non-hydrogen) atoms. The van der Waals surface area contributed by atoms with Crippen molar-refractivity contribution in [3.05, 3.63) is 23.8 Å². The van der Waals surface area contributed by atoms with Crippen LogP contribution in [0.5, 0.6) is 5.75 Å². The van der Waals surface area contributed by atoms with E-state index in [1.54, 1.807) is 18.2 Å². The molecule has 3 rings (SSSR count). The molecule has 0 bridgehead atoms. The van der Waals surface area contributed by atoms with Gasteiger partial charge in [-0.1, -0.05) is 0 Å². The van der Waals surface area contributed by atoms with E-state index in [1.807, 2.05) is 27.7 Å². The normalized spacial score (nSPS) is 23.0. The molecule has 116 valence electrons. The van der Waals surface area contributed by atoms with Gasteiger partial charge in [0.1, 0.15) is 11.9 Å². The largest absolute Gasteiger partial charge is 0.498 e. The van der Waals surface area contributed by atoms with E-state index >= 15 is 0 Å². The minimum Gasteiger partial charge on any atom is -0.486 e. The Kier molecular flexibility index (Phi) is 3.68. The summed E-state index contributed by atoms with van der Waals surface area (Å²) in [6.45, 7) is 9.18. The Morgan fingerprint density at radius 2 is 1.82 bits per heavy atom. The highest BCUT2D eigenvalue weighted by Crippen LogP contribution is 2.37. The maximum absolute atomic E-state index is 9.15. The van der Waals surface area contributed by atoms with Gasteiger partial charge in [0.05, 0.1) is 36.0 Å². The van der Waals surface area contributed by atoms with E-state index in [1.165, 1.54) is 0 Å². The molecule has 2 saturated heterocycles. The van der Waals surface area contributed by atoms with Gasteiger partial charge in [-0.2, -0.15) is 5.26 Å². The molecular weight excluding hydrogens is 281 g/mol. The zero-order valence-electron chi connectivity index (χ0n) is 13.4. The van der Waals surface area contributed by atoms with Crippen molar-refractivity contribution < 1.29 is 18.8 Å². The molecule has 0 spiro atoms. The Hall–Kier alpha value is -1.55. The van der Waals surface area contributed by atoms with Gasteiger partial charge in [0, 0.05) is 5.46 Å². The van der Waals surface area contributed by atoms with Crippen molar-refractivity contribution in [3.8, 4) is 11.8 Å². The van der Waals surface area contributed by atoms with E-state index in [-0.39, 0.29) is 6.10 Å². The van der Waals surface area contributed by atoms with Crippen LogP contribution in [0.25, 0.3) is 0 Å². The third-order valence-electron chi connectivity index (χ3n) is 4.55. The molecule has 0 saturated carbocycles. The quantitative estimate of drug-likeness (QED) is 0.794. The van der Waals surface area contributed by atoms with Crippen molar-refractivity contribution >= 4 is 12.6 Å². The lowest BCUT2D eigenvalue weighted by molar-refractivity contribution is -0.0793. The van der Waals surface area contributed by atoms with Gasteiger partial charge in [0.2, 0.25) is 0 Å². The van der Waals surface area contributed by atoms with Crippen LogP contribution in [-0.4, -0.2) is 37.6 Å². The van der Waals surface area contributed by atoms with Crippen LogP contribution in [0.2, 0.25) is 0 Å². The fourth-order valence-corrected chi connectivity index (χ4v) is 2.34. The Morgan fingerprint density at radius 3 is 2.32 bits per heavy atom. The summed E-state index contributed by atoms with van der Waals surface area (Å²) in [6, 6.07) is 7.47. The molecule has 2 aliphatic rings. The number of hydrogen-bond donors (Lipinski definition) is 0. The summed E-state index contributed by atoms with van der Waals surface area (Å²) in [4.78, 5) is 0. The van der Waals surface area contributed by atoms with Crippen molar-refractivity contribution in [1.29, 1.82) is 5.26 Å². The molecule has 2 heterocycles. The molecule has 1 aromatic carbocycles. The zero-order valence-corrected chi connectivity index (χ0v) is 13.4. The van der Waals surface area contributed by atoms with E-state index < -0.39 is 18.3 Å². The van der Waals surface area contributed by atoms with Gasteiger partial charge in [-0.15, -0.1) is 0 Å². The summed E-state index contributed by atoms with van der Waals surface area (Å²) in [5, 5.41) is 9.15. The molecule has 5 nitrogen and oxygen atoms in total. The first kappa shape index (κ1) is 15.4. The lowest BCUT2D eigenvalue weighted by Gasteiger charge is -2.32. The molecule has 0 atom stereocenters. The molecule has 1 aromatic rings. The van der Waals surface area contributed by atoms with Gasteiger partial charge in [0.15, 0.2) is 0 Å². The van der Waals surface area contributed by atoms with Gasteiger partial charge in [0.25, 0.3) is 0 Å². The first-order valence-electron chi connectivity index (χ1n) is 7.46. The Morgan fingerprint density at radius 1 is 1.18 bits per heavy atom. The number of hydrogen-bond acceptors (Lipinski definition) is 5. The van der Waals surface area contributed by atoms with Crippen molar-refractivity contribution in [2.75, 3.05) is 13.2 Å². The maximum atomic E-state index is 9.15. The van der Waals surface area contributed by atoms with E-state index in [0.29, 0.717) is 24.5 Å². The molecule has 2 fully saturated rings. The van der Waals surface area contributed by atoms with Crippen LogP contribution in [0.1, 0.15) is 33.3 Å². The Balaban J connectivity index is 1.92. The van der Waals surface area contributed by atoms with Crippen LogP contribution in [0.15, 0.2) is 18.2 Å². The second-order valence-corrected chi connectivity index (χ2v) is 6.73. The molecule has 6 heteroatoms. The van der Waals surface area contributed by atoms with Crippen LogP contribution in [0, 0.1) is 11.3 Å². The highest BCUT2D eigenvalue weighted by molar-refractivity contribution is 6.63. The molecule has 0 amide bonds. The fraction of sp³-hybridized carbons (Fsp3) is 0.562. The highest BCUT2D eigenvalue weighted by atomic mass is 16.7. The first-order chi connectivity index (χ1) is 10.3. The number of ether oxygens (including phenoxy) is 2. The minimum atomic E-state index is -0.547. The van der Waals surface area contributed by atoms with Gasteiger partial charge in [-0.25, -0.2) is 0 Å². The molecule has 0 radical (unpaired) electrons. The predicted octanol–water partition coefficient (Wildman–Crippen LogP) is 1.64. The SMILES string of the molecule is CC1(C)OB(c2cc(C#N)ccc2OC2COC2)OC1(C)C. The van der Waals surface area contributed by atoms with E-state index in [4.69, 9.17) is 24.0 Å². The van der Waals surface area contributed by atoms with Crippen molar-refractivity contribution in [2.45, 2.75) is 45.0 Å². The average Bonchev–Trinajstić information content (AvgIpc) is 2.63. The van der Waals surface area contributed by atoms with Crippen LogP contribution < -0.4 is 10.2 Å². The number of benzene rings is 1. The second-order valence-electron chi connectivity index (χ2n) is 6.73. The smallest absolute Gasteiger partial charge is 0.486 e. The fourth-order valence-electron chi connectivity index (χ4n) is 2.34. The number of rotatable bonds is 3. The third kappa shape index (κ3) is 2.61. The van der Waals surface area contributed by atoms with Gasteiger partial charge >= 0.3 is 7.12 Å². The van der Waals surface area contributed by atoms with Gasteiger partial charge in [-0.3, -0.25) is 0 Å². The lowest BCUT2D eigenvalue weighted by atomic mass is 9.77. The van der Waals surface area contributed by atoms with Crippen molar-refractivity contribution in [2.24, 2.45) is 0 Å². The highest BCUT2D eigenvalue weighted by Gasteiger charge is 2.52. The van der Waals surface area contributed by atoms with E-state index in [9.17, 15) is 0 Å². The summed E-state index contributed by atoms with van der Waals surface area (Å²) in [6.07, 6.45) is 0.0501. The van der Waals surface area contributed by atoms with E-state index in [0.717, 1.165) is 5.46 Å². The van der Waals surface area contributed by atoms with Crippen molar-refractivity contribution in [3.63, 3.8) is 0 Å². The first-order valence-corrected chi connectivity index (χ1v) is 7.46. The average molecular weight is 301 g/mol. The maximum Gasteiger partial charge on any atom is 0.498 e. The molecule has 0 aromatic heterocycles. The van der Waals surface area contributed by atoms with Crippen LogP contribution in [-0.2, 0) is 14.0 Å². The van der Waals surface area contributed by atoms with Crippen LogP contribution in [0.3, 0.4) is 0 Å². The summed E-state index contributed by atoms with van der Waals surface area (Å²) in [5.41, 5.74) is 0.445.